The Bertz CT molecular complexity index is 230. The van der Waals surface area contributed by atoms with Crippen LogP contribution in [0.15, 0.2) is 11.6 Å². The van der Waals surface area contributed by atoms with E-state index in [-0.39, 0.29) is 0 Å². The van der Waals surface area contributed by atoms with E-state index in [1.54, 1.807) is 20.8 Å². The zero-order valence-electron chi connectivity index (χ0n) is 8.83. The van der Waals surface area contributed by atoms with Crippen molar-refractivity contribution in [3.63, 3.8) is 0 Å². The summed E-state index contributed by atoms with van der Waals surface area (Å²) < 4.78 is 9.44. The van der Waals surface area contributed by atoms with Crippen molar-refractivity contribution in [3.8, 4) is 0 Å². The summed E-state index contributed by atoms with van der Waals surface area (Å²) in [5.74, 6) is -0.958. The first-order chi connectivity index (χ1) is 6.65. The van der Waals surface area contributed by atoms with Gasteiger partial charge in [0.2, 0.25) is 0 Å². The molecule has 0 aliphatic heterocycles. The maximum absolute atomic E-state index is 11.2. The summed E-state index contributed by atoms with van der Waals surface area (Å²) in [6.45, 7) is 5.81. The maximum Gasteiger partial charge on any atom is 0.334 e. The third-order valence-electron chi connectivity index (χ3n) is 1.50. The minimum Gasteiger partial charge on any atom is -0.463 e. The number of hydrogen-bond donors (Lipinski definition) is 0. The SMILES string of the molecule is CCOC(=O)/C=C(\CC)C(=O)OCC. The average Bonchev–Trinajstić information content (AvgIpc) is 2.15. The Morgan fingerprint density at radius 3 is 2.07 bits per heavy atom. The first-order valence-electron chi connectivity index (χ1n) is 4.70. The molecule has 0 saturated heterocycles. The molecule has 0 unspecified atom stereocenters. The minimum atomic E-state index is -0.502. The van der Waals surface area contributed by atoms with Gasteiger partial charge in [0.1, 0.15) is 0 Å². The van der Waals surface area contributed by atoms with Crippen LogP contribution >= 0.6 is 0 Å². The normalized spacial score (nSPS) is 10.9. The lowest BCUT2D eigenvalue weighted by molar-refractivity contribution is -0.141. The van der Waals surface area contributed by atoms with E-state index in [9.17, 15) is 9.59 Å². The lowest BCUT2D eigenvalue weighted by atomic mass is 10.2. The van der Waals surface area contributed by atoms with Gasteiger partial charge in [0.05, 0.1) is 13.2 Å². The van der Waals surface area contributed by atoms with Crippen LogP contribution in [0.5, 0.6) is 0 Å². The third-order valence-corrected chi connectivity index (χ3v) is 1.50. The molecule has 0 heterocycles. The van der Waals surface area contributed by atoms with E-state index in [4.69, 9.17) is 4.74 Å². The fraction of sp³-hybridized carbons (Fsp3) is 0.600. The zero-order chi connectivity index (χ0) is 11.0. The molecule has 0 aromatic rings. The molecule has 0 aromatic carbocycles. The first kappa shape index (κ1) is 12.7. The quantitative estimate of drug-likeness (QED) is 0.498. The van der Waals surface area contributed by atoms with Crippen LogP contribution in [-0.4, -0.2) is 25.2 Å². The van der Waals surface area contributed by atoms with Gasteiger partial charge in [0.15, 0.2) is 0 Å². The van der Waals surface area contributed by atoms with Crippen molar-refractivity contribution < 1.29 is 19.1 Å². The Kier molecular flexibility index (Phi) is 6.45. The van der Waals surface area contributed by atoms with Crippen LogP contribution in [0.25, 0.3) is 0 Å². The van der Waals surface area contributed by atoms with Crippen molar-refractivity contribution in [2.24, 2.45) is 0 Å². The molecular weight excluding hydrogens is 184 g/mol. The van der Waals surface area contributed by atoms with Gasteiger partial charge in [0, 0.05) is 11.6 Å². The predicted octanol–water partition coefficient (Wildman–Crippen LogP) is 1.45. The Morgan fingerprint density at radius 2 is 1.64 bits per heavy atom. The topological polar surface area (TPSA) is 52.6 Å². The molecule has 0 bridgehead atoms. The molecule has 0 fully saturated rings. The summed E-state index contributed by atoms with van der Waals surface area (Å²) in [5.41, 5.74) is 0.338. The molecule has 4 heteroatoms. The van der Waals surface area contributed by atoms with Crippen LogP contribution in [0.2, 0.25) is 0 Å². The average molecular weight is 200 g/mol. The number of ether oxygens (including phenoxy) is 2. The first-order valence-corrected chi connectivity index (χ1v) is 4.70. The second-order valence-corrected chi connectivity index (χ2v) is 2.50. The molecule has 80 valence electrons. The van der Waals surface area contributed by atoms with Crippen LogP contribution in [-0.2, 0) is 19.1 Å². The lowest BCUT2D eigenvalue weighted by Crippen LogP contribution is -2.10. The van der Waals surface area contributed by atoms with Gasteiger partial charge >= 0.3 is 11.9 Å². The van der Waals surface area contributed by atoms with Crippen molar-refractivity contribution >= 4 is 11.9 Å². The van der Waals surface area contributed by atoms with Crippen molar-refractivity contribution in [2.45, 2.75) is 27.2 Å². The smallest absolute Gasteiger partial charge is 0.334 e. The fourth-order valence-corrected chi connectivity index (χ4v) is 0.855. The largest absolute Gasteiger partial charge is 0.463 e. The molecule has 0 aliphatic rings. The van der Waals surface area contributed by atoms with Crippen LogP contribution in [0.4, 0.5) is 0 Å². The van der Waals surface area contributed by atoms with E-state index >= 15 is 0 Å². The minimum absolute atomic E-state index is 0.301. The molecule has 0 amide bonds. The highest BCUT2D eigenvalue weighted by Gasteiger charge is 2.10. The summed E-state index contributed by atoms with van der Waals surface area (Å²) in [7, 11) is 0. The monoisotopic (exact) mass is 200 g/mol. The van der Waals surface area contributed by atoms with Gasteiger partial charge in [-0.3, -0.25) is 0 Å². The Morgan fingerprint density at radius 1 is 1.07 bits per heavy atom. The van der Waals surface area contributed by atoms with Gasteiger partial charge < -0.3 is 9.47 Å². The number of rotatable bonds is 5. The molecule has 0 N–H and O–H groups in total. The standard InChI is InChI=1S/C10H16O4/c1-4-8(10(12)14-6-3)7-9(11)13-5-2/h7H,4-6H2,1-3H3/b8-7+. The number of carbonyl (C=O) groups excluding carboxylic acids is 2. The van der Waals surface area contributed by atoms with Crippen molar-refractivity contribution in [2.75, 3.05) is 13.2 Å². The molecule has 0 aliphatic carbocycles. The van der Waals surface area contributed by atoms with E-state index in [0.717, 1.165) is 0 Å². The summed E-state index contributed by atoms with van der Waals surface area (Å²) in [6.07, 6.45) is 1.64. The van der Waals surface area contributed by atoms with Crippen molar-refractivity contribution in [3.05, 3.63) is 11.6 Å². The van der Waals surface area contributed by atoms with Gasteiger partial charge in [-0.05, 0) is 20.3 Å². The Labute approximate surface area is 83.9 Å². The number of hydrogen-bond acceptors (Lipinski definition) is 4. The number of esters is 2. The third kappa shape index (κ3) is 4.64. The fourth-order valence-electron chi connectivity index (χ4n) is 0.855. The van der Waals surface area contributed by atoms with E-state index < -0.39 is 11.9 Å². The zero-order valence-corrected chi connectivity index (χ0v) is 8.83. The highest BCUT2D eigenvalue weighted by Crippen LogP contribution is 2.04. The Balaban J connectivity index is 4.38. The van der Waals surface area contributed by atoms with E-state index in [1.165, 1.54) is 6.08 Å². The predicted molar refractivity (Wildman–Crippen MR) is 51.6 cm³/mol. The molecular formula is C10H16O4. The summed E-state index contributed by atoms with van der Waals surface area (Å²) >= 11 is 0. The molecule has 0 rings (SSSR count). The second kappa shape index (κ2) is 7.12. The summed E-state index contributed by atoms with van der Waals surface area (Å²) in [4.78, 5) is 22.2. The molecule has 14 heavy (non-hydrogen) atoms. The van der Waals surface area contributed by atoms with Gasteiger partial charge in [-0.2, -0.15) is 0 Å². The van der Waals surface area contributed by atoms with E-state index in [1.807, 2.05) is 0 Å². The van der Waals surface area contributed by atoms with Crippen molar-refractivity contribution in [1.29, 1.82) is 0 Å². The highest BCUT2D eigenvalue weighted by molar-refractivity contribution is 5.96. The van der Waals surface area contributed by atoms with E-state index in [0.29, 0.717) is 25.2 Å². The molecule has 0 aromatic heterocycles. The second-order valence-electron chi connectivity index (χ2n) is 2.50. The highest BCUT2D eigenvalue weighted by atomic mass is 16.5. The van der Waals surface area contributed by atoms with Gasteiger partial charge in [-0.1, -0.05) is 6.92 Å². The summed E-state index contributed by atoms with van der Waals surface area (Å²) in [5, 5.41) is 0. The van der Waals surface area contributed by atoms with Crippen molar-refractivity contribution in [1.82, 2.24) is 0 Å². The number of carbonyl (C=O) groups is 2. The van der Waals surface area contributed by atoms with Crippen LogP contribution in [0.3, 0.4) is 0 Å². The lowest BCUT2D eigenvalue weighted by Gasteiger charge is -2.03. The van der Waals surface area contributed by atoms with E-state index in [2.05, 4.69) is 4.74 Å². The molecule has 4 nitrogen and oxygen atoms in total. The van der Waals surface area contributed by atoms with Gasteiger partial charge in [0.25, 0.3) is 0 Å². The molecule has 0 saturated carbocycles. The van der Waals surface area contributed by atoms with Crippen LogP contribution < -0.4 is 0 Å². The van der Waals surface area contributed by atoms with Crippen LogP contribution in [0.1, 0.15) is 27.2 Å². The molecule has 0 radical (unpaired) electrons. The molecule has 0 atom stereocenters. The Hall–Kier alpha value is -1.32. The van der Waals surface area contributed by atoms with Gasteiger partial charge in [-0.15, -0.1) is 0 Å². The summed E-state index contributed by atoms with van der Waals surface area (Å²) in [6, 6.07) is 0. The van der Waals surface area contributed by atoms with Crippen LogP contribution in [0, 0.1) is 0 Å². The maximum atomic E-state index is 11.2. The van der Waals surface area contributed by atoms with Gasteiger partial charge in [-0.25, -0.2) is 9.59 Å². The molecule has 0 spiro atoms.